The molecule has 0 spiro atoms. The second kappa shape index (κ2) is 7.86. The monoisotopic (exact) mass is 442 g/mol. The van der Waals surface area contributed by atoms with E-state index in [-0.39, 0.29) is 11.5 Å². The molecule has 2 heterocycles. The van der Waals surface area contributed by atoms with Gasteiger partial charge in [0.1, 0.15) is 0 Å². The number of carbonyl (C=O) groups is 2. The number of amides is 2. The van der Waals surface area contributed by atoms with Gasteiger partial charge in [0, 0.05) is 33.4 Å². The first kappa shape index (κ1) is 19.8. The topological polar surface area (TPSA) is 98.7 Å². The van der Waals surface area contributed by atoms with Gasteiger partial charge in [-0.05, 0) is 52.9 Å². The largest absolute Gasteiger partial charge is 0.504 e. The Morgan fingerprint density at radius 1 is 0.875 bits per heavy atom. The van der Waals surface area contributed by atoms with Gasteiger partial charge in [0.05, 0.1) is 5.57 Å². The lowest BCUT2D eigenvalue weighted by Gasteiger charge is -2.19. The molecule has 158 valence electrons. The summed E-state index contributed by atoms with van der Waals surface area (Å²) >= 11 is 1.66. The van der Waals surface area contributed by atoms with E-state index in [0.717, 1.165) is 21.4 Å². The zero-order valence-electron chi connectivity index (χ0n) is 16.8. The molecule has 0 saturated heterocycles. The summed E-state index contributed by atoms with van der Waals surface area (Å²) in [6.45, 7) is 0.323. The molecule has 7 heteroatoms. The fourth-order valence-corrected chi connectivity index (χ4v) is 4.75. The highest BCUT2D eigenvalue weighted by Gasteiger charge is 2.27. The molecule has 1 aliphatic heterocycles. The third kappa shape index (κ3) is 3.59. The van der Waals surface area contributed by atoms with Crippen molar-refractivity contribution in [2.45, 2.75) is 6.54 Å². The van der Waals surface area contributed by atoms with Gasteiger partial charge in [-0.15, -0.1) is 11.3 Å². The zero-order chi connectivity index (χ0) is 22.2. The van der Waals surface area contributed by atoms with Gasteiger partial charge in [0.2, 0.25) is 0 Å². The van der Waals surface area contributed by atoms with Crippen LogP contribution >= 0.6 is 11.3 Å². The van der Waals surface area contributed by atoms with Crippen LogP contribution in [0.25, 0.3) is 26.1 Å². The van der Waals surface area contributed by atoms with E-state index in [9.17, 15) is 19.8 Å². The Morgan fingerprint density at radius 3 is 2.53 bits per heavy atom. The van der Waals surface area contributed by atoms with Gasteiger partial charge in [-0.25, -0.2) is 0 Å². The summed E-state index contributed by atoms with van der Waals surface area (Å²) in [6, 6.07) is 20.2. The number of hydrogen-bond acceptors (Lipinski definition) is 6. The molecule has 3 aromatic carbocycles. The molecule has 6 nitrogen and oxygen atoms in total. The number of thiophene rings is 1. The molecule has 0 fully saturated rings. The Hall–Kier alpha value is -4.10. The molecular formula is C25H18N2O4S. The van der Waals surface area contributed by atoms with Crippen LogP contribution in [0, 0.1) is 0 Å². The molecular weight excluding hydrogens is 424 g/mol. The van der Waals surface area contributed by atoms with Crippen LogP contribution in [0.15, 0.2) is 72.9 Å². The number of nitrogens with one attached hydrogen (secondary N) is 2. The van der Waals surface area contributed by atoms with Crippen molar-refractivity contribution in [1.82, 2.24) is 10.6 Å². The summed E-state index contributed by atoms with van der Waals surface area (Å²) in [6.07, 6.45) is 1.57. The van der Waals surface area contributed by atoms with Crippen molar-refractivity contribution in [2.75, 3.05) is 0 Å². The SMILES string of the molecule is O=C1NC(=O)c2ccc(-c3cc4ccccc4s3)cc2/C1=C\NCc1ccc(O)c(O)c1. The van der Waals surface area contributed by atoms with E-state index in [0.29, 0.717) is 23.2 Å². The lowest BCUT2D eigenvalue weighted by atomic mass is 9.93. The number of benzene rings is 3. The molecule has 0 radical (unpaired) electrons. The summed E-state index contributed by atoms with van der Waals surface area (Å²) in [5.41, 5.74) is 3.01. The van der Waals surface area contributed by atoms with Crippen molar-refractivity contribution >= 4 is 38.8 Å². The van der Waals surface area contributed by atoms with Gasteiger partial charge in [0.25, 0.3) is 11.8 Å². The van der Waals surface area contributed by atoms with Crippen molar-refractivity contribution in [2.24, 2.45) is 0 Å². The Labute approximate surface area is 187 Å². The predicted octanol–water partition coefficient (Wildman–Crippen LogP) is 4.38. The Kier molecular flexibility index (Phi) is 4.88. The van der Waals surface area contributed by atoms with Crippen LogP contribution in [0.4, 0.5) is 0 Å². The standard InChI is InChI=1S/C25H18N2O4S/c28-20-8-5-14(9-21(20)29)12-26-13-19-18-10-16(6-7-17(18)24(30)27-25(19)31)23-11-15-3-1-2-4-22(15)32-23/h1-11,13,26,28-29H,12H2,(H,27,30,31)/b19-13+. The molecule has 4 N–H and O–H groups in total. The fraction of sp³-hybridized carbons (Fsp3) is 0.0400. The lowest BCUT2D eigenvalue weighted by Crippen LogP contribution is -2.37. The first-order valence-corrected chi connectivity index (χ1v) is 10.7. The van der Waals surface area contributed by atoms with Gasteiger partial charge in [-0.1, -0.05) is 30.3 Å². The smallest absolute Gasteiger partial charge is 0.260 e. The highest BCUT2D eigenvalue weighted by Crippen LogP contribution is 2.36. The number of carbonyl (C=O) groups excluding carboxylic acids is 2. The molecule has 2 amide bonds. The van der Waals surface area contributed by atoms with Crippen LogP contribution in [0.2, 0.25) is 0 Å². The number of aromatic hydroxyl groups is 2. The van der Waals surface area contributed by atoms with Crippen LogP contribution in [0.3, 0.4) is 0 Å². The molecule has 1 aliphatic rings. The minimum atomic E-state index is -0.475. The summed E-state index contributed by atoms with van der Waals surface area (Å²) in [5, 5.41) is 25.7. The van der Waals surface area contributed by atoms with Gasteiger partial charge >= 0.3 is 0 Å². The van der Waals surface area contributed by atoms with Crippen molar-refractivity contribution in [1.29, 1.82) is 0 Å². The molecule has 4 aromatic rings. The average Bonchev–Trinajstić information content (AvgIpc) is 3.22. The maximum Gasteiger partial charge on any atom is 0.260 e. The number of fused-ring (bicyclic) bond motifs is 2. The van der Waals surface area contributed by atoms with E-state index >= 15 is 0 Å². The molecule has 0 unspecified atom stereocenters. The second-order valence-corrected chi connectivity index (χ2v) is 8.54. The third-order valence-electron chi connectivity index (χ3n) is 5.33. The summed E-state index contributed by atoms with van der Waals surface area (Å²) in [7, 11) is 0. The fourth-order valence-electron chi connectivity index (χ4n) is 3.70. The Balaban J connectivity index is 1.49. The summed E-state index contributed by atoms with van der Waals surface area (Å²) < 4.78 is 1.17. The maximum atomic E-state index is 12.6. The van der Waals surface area contributed by atoms with E-state index in [1.807, 2.05) is 24.3 Å². The first-order chi connectivity index (χ1) is 15.5. The Bertz CT molecular complexity index is 1390. The van der Waals surface area contributed by atoms with Crippen LogP contribution < -0.4 is 10.6 Å². The molecule has 0 atom stereocenters. The van der Waals surface area contributed by atoms with Crippen molar-refractivity contribution in [3.05, 3.63) is 89.6 Å². The number of phenolic OH excluding ortho intramolecular Hbond substituents is 2. The predicted molar refractivity (Wildman–Crippen MR) is 124 cm³/mol. The van der Waals surface area contributed by atoms with Crippen LogP contribution in [-0.2, 0) is 11.3 Å². The molecule has 0 saturated carbocycles. The quantitative estimate of drug-likeness (QED) is 0.214. The second-order valence-electron chi connectivity index (χ2n) is 7.45. The Morgan fingerprint density at radius 2 is 1.72 bits per heavy atom. The molecule has 32 heavy (non-hydrogen) atoms. The minimum absolute atomic E-state index is 0.194. The molecule has 1 aromatic heterocycles. The summed E-state index contributed by atoms with van der Waals surface area (Å²) in [4.78, 5) is 26.0. The first-order valence-electron chi connectivity index (χ1n) is 9.93. The molecule has 0 aliphatic carbocycles. The van der Waals surface area contributed by atoms with Gasteiger partial charge in [-0.2, -0.15) is 0 Å². The molecule has 0 bridgehead atoms. The molecule has 5 rings (SSSR count). The van der Waals surface area contributed by atoms with Crippen LogP contribution in [-0.4, -0.2) is 22.0 Å². The van der Waals surface area contributed by atoms with Gasteiger partial charge in [-0.3, -0.25) is 14.9 Å². The van der Waals surface area contributed by atoms with Crippen molar-refractivity contribution < 1.29 is 19.8 Å². The normalized spacial score (nSPS) is 14.4. The zero-order valence-corrected chi connectivity index (χ0v) is 17.6. The van der Waals surface area contributed by atoms with E-state index in [4.69, 9.17) is 0 Å². The summed E-state index contributed by atoms with van der Waals surface area (Å²) in [5.74, 6) is -1.30. The van der Waals surface area contributed by atoms with E-state index in [2.05, 4.69) is 28.8 Å². The van der Waals surface area contributed by atoms with E-state index in [1.54, 1.807) is 29.7 Å². The van der Waals surface area contributed by atoms with Crippen LogP contribution in [0.1, 0.15) is 21.5 Å². The maximum absolute atomic E-state index is 12.6. The third-order valence-corrected chi connectivity index (χ3v) is 6.49. The highest BCUT2D eigenvalue weighted by molar-refractivity contribution is 7.22. The highest BCUT2D eigenvalue weighted by atomic mass is 32.1. The van der Waals surface area contributed by atoms with E-state index in [1.165, 1.54) is 16.8 Å². The average molecular weight is 442 g/mol. The van der Waals surface area contributed by atoms with Crippen LogP contribution in [0.5, 0.6) is 11.5 Å². The number of hydrogen-bond donors (Lipinski definition) is 4. The van der Waals surface area contributed by atoms with Crippen molar-refractivity contribution in [3.63, 3.8) is 0 Å². The number of rotatable bonds is 4. The number of phenols is 2. The minimum Gasteiger partial charge on any atom is -0.504 e. The lowest BCUT2D eigenvalue weighted by molar-refractivity contribution is -0.114. The van der Waals surface area contributed by atoms with Crippen molar-refractivity contribution in [3.8, 4) is 21.9 Å². The van der Waals surface area contributed by atoms with E-state index < -0.39 is 11.8 Å². The number of imide groups is 1. The van der Waals surface area contributed by atoms with Gasteiger partial charge in [0.15, 0.2) is 11.5 Å². The van der Waals surface area contributed by atoms with Gasteiger partial charge < -0.3 is 15.5 Å².